The molecule has 5 rings (SSSR count). The van der Waals surface area contributed by atoms with Gasteiger partial charge in [0.25, 0.3) is 10.0 Å². The molecule has 43 heavy (non-hydrogen) atoms. The van der Waals surface area contributed by atoms with Crippen LogP contribution in [0.3, 0.4) is 0 Å². The minimum atomic E-state index is -4.58. The highest BCUT2D eigenvalue weighted by Crippen LogP contribution is 2.69. The lowest BCUT2D eigenvalue weighted by Gasteiger charge is -2.64. The predicted octanol–water partition coefficient (Wildman–Crippen LogP) is 7.83. The number of aliphatic hydroxyl groups excluding tert-OH is 1. The average Bonchev–Trinajstić information content (AvgIpc) is 3.31. The number of benzene rings is 1. The van der Waals surface area contributed by atoms with Crippen LogP contribution in [0.2, 0.25) is 0 Å². The van der Waals surface area contributed by atoms with Crippen molar-refractivity contribution in [3.63, 3.8) is 0 Å². The van der Waals surface area contributed by atoms with E-state index in [2.05, 4.69) is 32.4 Å². The van der Waals surface area contributed by atoms with E-state index in [4.69, 9.17) is 0 Å². The number of nitrogens with one attached hydrogen (secondary N) is 1. The molecule has 4 fully saturated rings. The number of sulfonamides is 1. The first-order valence-electron chi connectivity index (χ1n) is 16.5. The molecular formula is C34H50F3NO4S. The molecule has 2 N–H and O–H groups in total. The monoisotopic (exact) mass is 625 g/mol. The zero-order chi connectivity index (χ0) is 31.5. The van der Waals surface area contributed by atoms with E-state index in [1.54, 1.807) is 6.92 Å². The van der Waals surface area contributed by atoms with Crippen LogP contribution in [0.1, 0.15) is 104 Å². The first-order valence-corrected chi connectivity index (χ1v) is 17.9. The zero-order valence-corrected chi connectivity index (χ0v) is 27.1. The highest BCUT2D eigenvalue weighted by Gasteiger charge is 2.64. The minimum Gasteiger partial charge on any atom is -0.393 e. The molecule has 0 spiro atoms. The second kappa shape index (κ2) is 11.6. The second-order valence-electron chi connectivity index (χ2n) is 15.0. The molecule has 1 aromatic rings. The summed E-state index contributed by atoms with van der Waals surface area (Å²) in [5.41, 5.74) is -0.885. The number of rotatable bonds is 7. The van der Waals surface area contributed by atoms with Crippen LogP contribution < -0.4 is 4.72 Å². The highest BCUT2D eigenvalue weighted by molar-refractivity contribution is 7.90. The van der Waals surface area contributed by atoms with Gasteiger partial charge in [-0.05, 0) is 121 Å². The Balaban J connectivity index is 1.27. The summed E-state index contributed by atoms with van der Waals surface area (Å²) >= 11 is 0. The van der Waals surface area contributed by atoms with Crippen molar-refractivity contribution in [2.45, 2.75) is 116 Å². The van der Waals surface area contributed by atoms with Crippen LogP contribution in [0.15, 0.2) is 29.2 Å². The fourth-order valence-electron chi connectivity index (χ4n) is 10.9. The molecular weight excluding hydrogens is 575 g/mol. The third-order valence-electron chi connectivity index (χ3n) is 13.0. The van der Waals surface area contributed by atoms with Crippen molar-refractivity contribution >= 4 is 15.9 Å². The van der Waals surface area contributed by atoms with E-state index >= 15 is 0 Å². The molecule has 11 atom stereocenters. The van der Waals surface area contributed by atoms with Gasteiger partial charge in [-0.25, -0.2) is 13.1 Å². The molecule has 1 amide bonds. The SMILES string of the molecule is CC[C@H]1CC2C3CC[C@H]([C@H](C)C[C@H](C)C(=O)NS(=O)(=O)c4ccc(C(F)(F)F)cc4)[C@@]3(C)[C@@H](O)CC2[C@@]2(C)CCCC[C@@H]12. The molecule has 0 radical (unpaired) electrons. The summed E-state index contributed by atoms with van der Waals surface area (Å²) in [4.78, 5) is 12.7. The van der Waals surface area contributed by atoms with Crippen LogP contribution in [0.4, 0.5) is 13.2 Å². The van der Waals surface area contributed by atoms with Gasteiger partial charge in [-0.3, -0.25) is 4.79 Å². The van der Waals surface area contributed by atoms with E-state index in [-0.39, 0.29) is 22.1 Å². The van der Waals surface area contributed by atoms with Crippen LogP contribution in [-0.4, -0.2) is 25.5 Å². The first-order chi connectivity index (χ1) is 20.0. The largest absolute Gasteiger partial charge is 0.416 e. The van der Waals surface area contributed by atoms with Gasteiger partial charge in [-0.1, -0.05) is 53.9 Å². The number of amides is 1. The van der Waals surface area contributed by atoms with Crippen molar-refractivity contribution in [3.05, 3.63) is 29.8 Å². The fraction of sp³-hybridized carbons (Fsp3) is 0.794. The van der Waals surface area contributed by atoms with Crippen molar-refractivity contribution < 1.29 is 31.5 Å². The first kappa shape index (κ1) is 32.8. The molecule has 3 unspecified atom stereocenters. The van der Waals surface area contributed by atoms with Crippen molar-refractivity contribution in [3.8, 4) is 0 Å². The summed E-state index contributed by atoms with van der Waals surface area (Å²) in [6.45, 7) is 11.0. The maximum absolute atomic E-state index is 13.0. The molecule has 4 saturated carbocycles. The quantitative estimate of drug-likeness (QED) is 0.324. The lowest BCUT2D eigenvalue weighted by atomic mass is 9.42. The number of hydrogen-bond donors (Lipinski definition) is 2. The number of halogens is 3. The third-order valence-corrected chi connectivity index (χ3v) is 14.4. The summed E-state index contributed by atoms with van der Waals surface area (Å²) < 4.78 is 66.4. The average molecular weight is 626 g/mol. The Morgan fingerprint density at radius 3 is 2.33 bits per heavy atom. The summed E-state index contributed by atoms with van der Waals surface area (Å²) in [6.07, 6.45) is 6.13. The van der Waals surface area contributed by atoms with Crippen LogP contribution in [0.25, 0.3) is 0 Å². The van der Waals surface area contributed by atoms with E-state index in [0.29, 0.717) is 41.7 Å². The minimum absolute atomic E-state index is 0.0966. The highest BCUT2D eigenvalue weighted by atomic mass is 32.2. The van der Waals surface area contributed by atoms with Crippen molar-refractivity contribution in [1.82, 2.24) is 4.72 Å². The number of fused-ring (bicyclic) bond motifs is 5. The summed E-state index contributed by atoms with van der Waals surface area (Å²) in [5, 5.41) is 11.9. The lowest BCUT2D eigenvalue weighted by Crippen LogP contribution is -2.59. The van der Waals surface area contributed by atoms with Crippen LogP contribution in [0.5, 0.6) is 0 Å². The Bertz CT molecular complexity index is 1280. The van der Waals surface area contributed by atoms with Crippen molar-refractivity contribution in [2.75, 3.05) is 0 Å². The molecule has 5 nitrogen and oxygen atoms in total. The number of carbonyl (C=O) groups excluding carboxylic acids is 1. The number of aliphatic hydroxyl groups is 1. The third kappa shape index (κ3) is 5.68. The van der Waals surface area contributed by atoms with Crippen LogP contribution >= 0.6 is 0 Å². The van der Waals surface area contributed by atoms with Crippen molar-refractivity contribution in [2.24, 2.45) is 58.2 Å². The lowest BCUT2D eigenvalue weighted by molar-refractivity contribution is -0.182. The van der Waals surface area contributed by atoms with Gasteiger partial charge in [-0.15, -0.1) is 0 Å². The molecule has 0 heterocycles. The Hall–Kier alpha value is -1.61. The summed E-state index contributed by atoms with van der Waals surface area (Å²) in [7, 11) is -4.31. The Labute approximate surface area is 255 Å². The number of alkyl halides is 3. The molecule has 0 aromatic heterocycles. The second-order valence-corrected chi connectivity index (χ2v) is 16.7. The predicted molar refractivity (Wildman–Crippen MR) is 160 cm³/mol. The smallest absolute Gasteiger partial charge is 0.393 e. The molecule has 1 aromatic carbocycles. The number of hydrogen-bond acceptors (Lipinski definition) is 4. The van der Waals surface area contributed by atoms with Crippen molar-refractivity contribution in [1.29, 1.82) is 0 Å². The van der Waals surface area contributed by atoms with Gasteiger partial charge < -0.3 is 5.11 Å². The Morgan fingerprint density at radius 1 is 1.02 bits per heavy atom. The zero-order valence-electron chi connectivity index (χ0n) is 26.3. The molecule has 4 aliphatic rings. The molecule has 242 valence electrons. The van der Waals surface area contributed by atoms with Gasteiger partial charge in [0.15, 0.2) is 0 Å². The normalized spacial score (nSPS) is 39.2. The van der Waals surface area contributed by atoms with Gasteiger partial charge >= 0.3 is 6.18 Å². The van der Waals surface area contributed by atoms with E-state index in [1.807, 2.05) is 0 Å². The molecule has 0 saturated heterocycles. The summed E-state index contributed by atoms with van der Waals surface area (Å²) in [5.74, 6) is 2.18. The fourth-order valence-corrected chi connectivity index (χ4v) is 12.0. The van der Waals surface area contributed by atoms with Gasteiger partial charge in [-0.2, -0.15) is 13.2 Å². The molecule has 4 aliphatic carbocycles. The van der Waals surface area contributed by atoms with E-state index in [9.17, 15) is 31.5 Å². The van der Waals surface area contributed by atoms with Gasteiger partial charge in [0.1, 0.15) is 0 Å². The van der Waals surface area contributed by atoms with E-state index in [0.717, 1.165) is 43.2 Å². The van der Waals surface area contributed by atoms with Crippen LogP contribution in [-0.2, 0) is 21.0 Å². The molecule has 9 heteroatoms. The Morgan fingerprint density at radius 2 is 1.70 bits per heavy atom. The molecule has 0 aliphatic heterocycles. The van der Waals surface area contributed by atoms with Crippen LogP contribution in [0, 0.1) is 58.2 Å². The van der Waals surface area contributed by atoms with E-state index in [1.165, 1.54) is 38.5 Å². The standard InChI is InChI=1S/C34H50F3NO4S/c1-6-22-18-25-28-15-14-26(33(28,5)30(39)19-29(25)32(4)16-8-7-9-27(22)32)20(2)17-21(3)31(40)38-43(41,42)24-12-10-23(11-13-24)34(35,36)37/h10-13,20-22,25-30,39H,6-9,14-19H2,1-5H3,(H,38,40)/t20-,21+,22+,25?,26-,27+,28?,29?,30+,32+,33-/m1/s1. The summed E-state index contributed by atoms with van der Waals surface area (Å²) in [6, 6.07) is 3.14. The van der Waals surface area contributed by atoms with Gasteiger partial charge in [0.05, 0.1) is 16.6 Å². The van der Waals surface area contributed by atoms with E-state index < -0.39 is 39.7 Å². The van der Waals surface area contributed by atoms with Gasteiger partial charge in [0.2, 0.25) is 5.91 Å². The Kier molecular flexibility index (Phi) is 8.87. The maximum atomic E-state index is 13.0. The maximum Gasteiger partial charge on any atom is 0.416 e. The number of carbonyl (C=O) groups is 1. The topological polar surface area (TPSA) is 83.5 Å². The van der Waals surface area contributed by atoms with Gasteiger partial charge in [0, 0.05) is 5.92 Å². The molecule has 0 bridgehead atoms.